The Morgan fingerprint density at radius 2 is 1.53 bits per heavy atom. The fourth-order valence-electron chi connectivity index (χ4n) is 7.36. The van der Waals surface area contributed by atoms with Crippen LogP contribution in [-0.2, 0) is 14.4 Å². The number of hydrogen-bond acceptors (Lipinski definition) is 6. The summed E-state index contributed by atoms with van der Waals surface area (Å²) in [6.07, 6.45) is 1.39. The summed E-state index contributed by atoms with van der Waals surface area (Å²) in [5, 5.41) is 16.7. The maximum Gasteiger partial charge on any atom is 0.248 e. The van der Waals surface area contributed by atoms with Crippen molar-refractivity contribution >= 4 is 46.5 Å². The van der Waals surface area contributed by atoms with Gasteiger partial charge in [-0.15, -0.1) is 11.8 Å². The molecule has 0 aliphatic carbocycles. The molecule has 3 amide bonds. The Labute approximate surface area is 256 Å². The molecule has 3 aromatic carbocycles. The van der Waals surface area contributed by atoms with Crippen LogP contribution in [0.4, 0.5) is 17.1 Å². The first-order valence-electron chi connectivity index (χ1n) is 15.1. The van der Waals surface area contributed by atoms with Crippen molar-refractivity contribution in [2.75, 3.05) is 35.2 Å². The molecule has 6 atom stereocenters. The maximum atomic E-state index is 14.5. The van der Waals surface area contributed by atoms with Crippen LogP contribution in [0, 0.1) is 11.8 Å². The Bertz CT molecular complexity index is 1470. The lowest BCUT2D eigenvalue weighted by Gasteiger charge is -2.37. The SMILES string of the molecule is CCN(CC)c1ccc(NC(=O)C2N([C@H](CO)c3ccccc3)C(=O)[C@@H]3[C@H](C(=O)Nc4ccccc4)[C@@H]4CCC23S4)cc1. The summed E-state index contributed by atoms with van der Waals surface area (Å²) < 4.78 is -0.770. The van der Waals surface area contributed by atoms with Gasteiger partial charge in [-0.3, -0.25) is 14.4 Å². The third-order valence-electron chi connectivity index (χ3n) is 9.29. The topological polar surface area (TPSA) is 102 Å². The van der Waals surface area contributed by atoms with Crippen LogP contribution in [0.3, 0.4) is 0 Å². The van der Waals surface area contributed by atoms with Gasteiger partial charge in [0.15, 0.2) is 0 Å². The van der Waals surface area contributed by atoms with Gasteiger partial charge in [0.1, 0.15) is 6.04 Å². The summed E-state index contributed by atoms with van der Waals surface area (Å²) in [6.45, 7) is 5.63. The van der Waals surface area contributed by atoms with Crippen molar-refractivity contribution in [2.24, 2.45) is 11.8 Å². The molecule has 3 N–H and O–H groups in total. The van der Waals surface area contributed by atoms with E-state index in [1.807, 2.05) is 84.9 Å². The molecule has 1 spiro atoms. The van der Waals surface area contributed by atoms with E-state index in [-0.39, 0.29) is 29.6 Å². The van der Waals surface area contributed by atoms with E-state index in [4.69, 9.17) is 0 Å². The number of carbonyl (C=O) groups is 3. The molecule has 2 unspecified atom stereocenters. The number of aliphatic hydroxyl groups is 1. The molecule has 224 valence electrons. The molecule has 6 rings (SSSR count). The quantitative estimate of drug-likeness (QED) is 0.306. The van der Waals surface area contributed by atoms with E-state index in [1.54, 1.807) is 16.7 Å². The molecule has 3 aliphatic heterocycles. The van der Waals surface area contributed by atoms with E-state index in [9.17, 15) is 19.5 Å². The van der Waals surface area contributed by atoms with E-state index >= 15 is 0 Å². The van der Waals surface area contributed by atoms with Crippen molar-refractivity contribution < 1.29 is 19.5 Å². The molecule has 3 fully saturated rings. The van der Waals surface area contributed by atoms with E-state index < -0.39 is 28.7 Å². The van der Waals surface area contributed by atoms with Crippen LogP contribution in [-0.4, -0.2) is 63.5 Å². The third-order valence-corrected chi connectivity index (χ3v) is 11.2. The van der Waals surface area contributed by atoms with Gasteiger partial charge in [-0.2, -0.15) is 0 Å². The van der Waals surface area contributed by atoms with Crippen molar-refractivity contribution in [3.63, 3.8) is 0 Å². The zero-order valence-electron chi connectivity index (χ0n) is 24.5. The Morgan fingerprint density at radius 1 is 0.930 bits per heavy atom. The number of nitrogens with one attached hydrogen (secondary N) is 2. The van der Waals surface area contributed by atoms with Gasteiger partial charge in [-0.1, -0.05) is 48.5 Å². The number of amides is 3. The average molecular weight is 599 g/mol. The number of rotatable bonds is 10. The second kappa shape index (κ2) is 12.1. The molecule has 3 aromatic rings. The first kappa shape index (κ1) is 29.3. The molecule has 0 radical (unpaired) electrons. The number of para-hydroxylation sites is 1. The van der Waals surface area contributed by atoms with Crippen LogP contribution in [0.25, 0.3) is 0 Å². The van der Waals surface area contributed by atoms with Gasteiger partial charge in [0, 0.05) is 35.4 Å². The highest BCUT2D eigenvalue weighted by molar-refractivity contribution is 8.02. The van der Waals surface area contributed by atoms with Gasteiger partial charge < -0.3 is 25.5 Å². The molecule has 0 saturated carbocycles. The van der Waals surface area contributed by atoms with Crippen LogP contribution >= 0.6 is 11.8 Å². The Kier molecular flexibility index (Phi) is 8.20. The third kappa shape index (κ3) is 5.08. The minimum absolute atomic E-state index is 0.0623. The van der Waals surface area contributed by atoms with Gasteiger partial charge >= 0.3 is 0 Å². The molecule has 43 heavy (non-hydrogen) atoms. The van der Waals surface area contributed by atoms with Crippen molar-refractivity contribution in [2.45, 2.75) is 48.8 Å². The molecule has 0 aromatic heterocycles. The normalized spacial score (nSPS) is 26.2. The molecular formula is C34H38N4O4S. The van der Waals surface area contributed by atoms with E-state index in [0.29, 0.717) is 17.8 Å². The fraction of sp³-hybridized carbons (Fsp3) is 0.382. The highest BCUT2D eigenvalue weighted by Gasteiger charge is 2.74. The predicted molar refractivity (Wildman–Crippen MR) is 171 cm³/mol. The van der Waals surface area contributed by atoms with Crippen molar-refractivity contribution in [3.8, 4) is 0 Å². The number of hydrogen-bond donors (Lipinski definition) is 3. The summed E-state index contributed by atoms with van der Waals surface area (Å²) >= 11 is 1.61. The molecule has 8 nitrogen and oxygen atoms in total. The number of aliphatic hydroxyl groups excluding tert-OH is 1. The first-order chi connectivity index (χ1) is 20.9. The standard InChI is InChI=1S/C34H38N4O4S/c1-3-37(4-2)25-17-15-24(16-18-25)36-32(41)30-34-20-19-27(43-34)28(31(40)35-23-13-9-6-10-14-23)29(34)33(42)38(30)26(21-39)22-11-7-5-8-12-22/h5-18,26-30,39H,3-4,19-21H2,1-2H3,(H,35,40)(H,36,41)/t26-,27+,28-,29+,30?,34?/m1/s1. The molecule has 3 saturated heterocycles. The number of benzene rings is 3. The molecular weight excluding hydrogens is 560 g/mol. The van der Waals surface area contributed by atoms with Crippen LogP contribution < -0.4 is 15.5 Å². The van der Waals surface area contributed by atoms with Crippen molar-refractivity contribution in [1.82, 2.24) is 4.90 Å². The number of carbonyl (C=O) groups excluding carboxylic acids is 3. The Balaban J connectivity index is 1.35. The van der Waals surface area contributed by atoms with Gasteiger partial charge in [0.25, 0.3) is 0 Å². The zero-order valence-corrected chi connectivity index (χ0v) is 25.3. The number of thioether (sulfide) groups is 1. The highest BCUT2D eigenvalue weighted by Crippen LogP contribution is 2.67. The lowest BCUT2D eigenvalue weighted by Crippen LogP contribution is -2.52. The van der Waals surface area contributed by atoms with Gasteiger partial charge in [0.05, 0.1) is 29.2 Å². The number of fused-ring (bicyclic) bond motifs is 1. The summed E-state index contributed by atoms with van der Waals surface area (Å²) in [5.41, 5.74) is 3.14. The second-order valence-corrected chi connectivity index (χ2v) is 13.1. The first-order valence-corrected chi connectivity index (χ1v) is 16.0. The zero-order chi connectivity index (χ0) is 30.1. The van der Waals surface area contributed by atoms with Crippen molar-refractivity contribution in [3.05, 3.63) is 90.5 Å². The summed E-state index contributed by atoms with van der Waals surface area (Å²) in [5.74, 6) is -1.98. The monoisotopic (exact) mass is 598 g/mol. The largest absolute Gasteiger partial charge is 0.394 e. The maximum absolute atomic E-state index is 14.5. The van der Waals surface area contributed by atoms with Crippen molar-refractivity contribution in [1.29, 1.82) is 0 Å². The van der Waals surface area contributed by atoms with E-state index in [1.165, 1.54) is 0 Å². The highest BCUT2D eigenvalue weighted by atomic mass is 32.2. The van der Waals surface area contributed by atoms with Crippen LogP contribution in [0.5, 0.6) is 0 Å². The van der Waals surface area contributed by atoms with Gasteiger partial charge in [0.2, 0.25) is 17.7 Å². The van der Waals surface area contributed by atoms with Crippen LogP contribution in [0.15, 0.2) is 84.9 Å². The average Bonchev–Trinajstić information content (AvgIpc) is 3.68. The molecule has 3 heterocycles. The number of nitrogens with zero attached hydrogens (tertiary/aromatic N) is 2. The Hall–Kier alpha value is -3.82. The smallest absolute Gasteiger partial charge is 0.248 e. The van der Waals surface area contributed by atoms with Crippen LogP contribution in [0.1, 0.15) is 38.3 Å². The van der Waals surface area contributed by atoms with Gasteiger partial charge in [-0.25, -0.2) is 0 Å². The second-order valence-electron chi connectivity index (χ2n) is 11.5. The number of anilines is 3. The lowest BCUT2D eigenvalue weighted by atomic mass is 9.70. The van der Waals surface area contributed by atoms with E-state index in [0.717, 1.165) is 30.8 Å². The summed E-state index contributed by atoms with van der Waals surface area (Å²) in [6, 6.07) is 24.8. The van der Waals surface area contributed by atoms with Gasteiger partial charge in [-0.05, 0) is 68.7 Å². The minimum atomic E-state index is -0.852. The Morgan fingerprint density at radius 3 is 2.16 bits per heavy atom. The summed E-state index contributed by atoms with van der Waals surface area (Å²) in [7, 11) is 0. The fourth-order valence-corrected chi connectivity index (χ4v) is 9.56. The summed E-state index contributed by atoms with van der Waals surface area (Å²) in [4.78, 5) is 46.4. The lowest BCUT2D eigenvalue weighted by molar-refractivity contribution is -0.141. The molecule has 2 bridgehead atoms. The number of likely N-dealkylation sites (tertiary alicyclic amines) is 1. The predicted octanol–water partition coefficient (Wildman–Crippen LogP) is 4.93. The van der Waals surface area contributed by atoms with Crippen LogP contribution in [0.2, 0.25) is 0 Å². The van der Waals surface area contributed by atoms with E-state index in [2.05, 4.69) is 29.4 Å². The minimum Gasteiger partial charge on any atom is -0.394 e. The molecule has 3 aliphatic rings. The molecule has 9 heteroatoms.